The minimum atomic E-state index is -3.74. The molecule has 1 amide bonds. The topological polar surface area (TPSA) is 66.5 Å². The molecule has 0 spiro atoms. The van der Waals surface area contributed by atoms with E-state index in [9.17, 15) is 13.2 Å². The predicted octanol–water partition coefficient (Wildman–Crippen LogP) is 4.18. The van der Waals surface area contributed by atoms with E-state index in [1.54, 1.807) is 42.5 Å². The number of anilines is 2. The van der Waals surface area contributed by atoms with Crippen LogP contribution in [0, 0.1) is 5.92 Å². The van der Waals surface area contributed by atoms with Crippen molar-refractivity contribution in [3.8, 4) is 0 Å². The number of sulfonamides is 1. The van der Waals surface area contributed by atoms with Gasteiger partial charge in [-0.3, -0.25) is 9.52 Å². The molecule has 142 valence electrons. The normalized spacial score (nSPS) is 18.3. The zero-order valence-corrected chi connectivity index (χ0v) is 16.8. The Balaban J connectivity index is 1.67. The molecular formula is C20H21ClN2O3S. The van der Waals surface area contributed by atoms with Gasteiger partial charge < -0.3 is 4.90 Å². The number of benzene rings is 2. The molecule has 0 aromatic heterocycles. The van der Waals surface area contributed by atoms with E-state index in [1.807, 2.05) is 18.7 Å². The van der Waals surface area contributed by atoms with E-state index in [0.717, 1.165) is 24.1 Å². The van der Waals surface area contributed by atoms with Gasteiger partial charge in [-0.1, -0.05) is 25.4 Å². The van der Waals surface area contributed by atoms with Crippen LogP contribution in [-0.2, 0) is 20.2 Å². The van der Waals surface area contributed by atoms with Crippen molar-refractivity contribution in [1.82, 2.24) is 0 Å². The second-order valence-corrected chi connectivity index (χ2v) is 9.99. The van der Waals surface area contributed by atoms with Crippen LogP contribution in [-0.4, -0.2) is 20.9 Å². The van der Waals surface area contributed by atoms with Crippen molar-refractivity contribution in [2.24, 2.45) is 5.92 Å². The molecule has 2 aromatic carbocycles. The summed E-state index contributed by atoms with van der Waals surface area (Å²) in [5, 5.41) is 0.539. The summed E-state index contributed by atoms with van der Waals surface area (Å²) in [6, 6.07) is 11.5. The van der Waals surface area contributed by atoms with Gasteiger partial charge in [-0.2, -0.15) is 0 Å². The molecular weight excluding hydrogens is 384 g/mol. The second-order valence-electron chi connectivity index (χ2n) is 7.87. The molecule has 1 aliphatic carbocycles. The highest BCUT2D eigenvalue weighted by Gasteiger charge is 2.43. The van der Waals surface area contributed by atoms with Crippen molar-refractivity contribution in [3.63, 3.8) is 0 Å². The third-order valence-electron chi connectivity index (χ3n) is 5.14. The highest BCUT2D eigenvalue weighted by molar-refractivity contribution is 7.92. The Hall–Kier alpha value is -2.05. The van der Waals surface area contributed by atoms with Gasteiger partial charge in [-0.25, -0.2) is 8.42 Å². The van der Waals surface area contributed by atoms with Crippen LogP contribution in [0.25, 0.3) is 0 Å². The number of halogens is 1. The molecule has 1 fully saturated rings. The van der Waals surface area contributed by atoms with E-state index >= 15 is 0 Å². The molecule has 2 aliphatic rings. The van der Waals surface area contributed by atoms with E-state index in [1.165, 1.54) is 0 Å². The lowest BCUT2D eigenvalue weighted by Gasteiger charge is -2.20. The number of rotatable bonds is 4. The first-order chi connectivity index (χ1) is 12.7. The average Bonchev–Trinajstić information content (AvgIpc) is 3.42. The minimum absolute atomic E-state index is 0.127. The lowest BCUT2D eigenvalue weighted by atomic mass is 9.87. The average molecular weight is 405 g/mol. The van der Waals surface area contributed by atoms with Crippen LogP contribution >= 0.6 is 11.6 Å². The summed E-state index contributed by atoms with van der Waals surface area (Å²) in [7, 11) is -3.74. The second kappa shape index (κ2) is 6.24. The first kappa shape index (κ1) is 18.3. The first-order valence-corrected chi connectivity index (χ1v) is 10.8. The predicted molar refractivity (Wildman–Crippen MR) is 107 cm³/mol. The van der Waals surface area contributed by atoms with Gasteiger partial charge in [0.2, 0.25) is 5.91 Å². The van der Waals surface area contributed by atoms with E-state index in [-0.39, 0.29) is 22.1 Å². The molecule has 0 bridgehead atoms. The maximum Gasteiger partial charge on any atom is 0.261 e. The van der Waals surface area contributed by atoms with E-state index in [4.69, 9.17) is 11.6 Å². The summed E-state index contributed by atoms with van der Waals surface area (Å²) in [4.78, 5) is 14.6. The summed E-state index contributed by atoms with van der Waals surface area (Å²) < 4.78 is 28.2. The van der Waals surface area contributed by atoms with Crippen LogP contribution in [0.2, 0.25) is 5.02 Å². The molecule has 4 rings (SSSR count). The smallest absolute Gasteiger partial charge is 0.261 e. The SMILES string of the molecule is CC1(C)CN(C(=O)C2CC2)c2ccc(S(=O)(=O)Nc3ccc(Cl)cc3)cc21. The fraction of sp³-hybridized carbons (Fsp3) is 0.350. The number of nitrogens with one attached hydrogen (secondary N) is 1. The Bertz CT molecular complexity index is 1010. The summed E-state index contributed by atoms with van der Waals surface area (Å²) in [5.41, 5.74) is 1.86. The van der Waals surface area contributed by atoms with Crippen molar-refractivity contribution in [3.05, 3.63) is 53.1 Å². The molecule has 5 nitrogen and oxygen atoms in total. The Morgan fingerprint density at radius 2 is 1.81 bits per heavy atom. The molecule has 1 heterocycles. The Morgan fingerprint density at radius 3 is 2.44 bits per heavy atom. The molecule has 1 N–H and O–H groups in total. The van der Waals surface area contributed by atoms with E-state index in [2.05, 4.69) is 4.72 Å². The van der Waals surface area contributed by atoms with Gasteiger partial charge in [-0.05, 0) is 60.9 Å². The Morgan fingerprint density at radius 1 is 1.15 bits per heavy atom. The highest BCUT2D eigenvalue weighted by Crippen LogP contribution is 2.44. The molecule has 0 radical (unpaired) electrons. The zero-order valence-electron chi connectivity index (χ0n) is 15.2. The summed E-state index contributed by atoms with van der Waals surface area (Å²) in [5.74, 6) is 0.276. The van der Waals surface area contributed by atoms with Crippen molar-refractivity contribution >= 4 is 38.9 Å². The fourth-order valence-corrected chi connectivity index (χ4v) is 4.72. The molecule has 0 atom stereocenters. The molecule has 1 saturated carbocycles. The van der Waals surface area contributed by atoms with Crippen molar-refractivity contribution in [1.29, 1.82) is 0 Å². The van der Waals surface area contributed by atoms with Crippen LogP contribution in [0.1, 0.15) is 32.3 Å². The summed E-state index contributed by atoms with van der Waals surface area (Å²) >= 11 is 5.85. The van der Waals surface area contributed by atoms with Crippen molar-refractivity contribution < 1.29 is 13.2 Å². The molecule has 7 heteroatoms. The lowest BCUT2D eigenvalue weighted by Crippen LogP contribution is -2.34. The van der Waals surface area contributed by atoms with E-state index < -0.39 is 10.0 Å². The Kier molecular flexibility index (Phi) is 4.24. The van der Waals surface area contributed by atoms with Gasteiger partial charge in [0.25, 0.3) is 10.0 Å². The van der Waals surface area contributed by atoms with Gasteiger partial charge in [0, 0.05) is 34.3 Å². The van der Waals surface area contributed by atoms with Gasteiger partial charge >= 0.3 is 0 Å². The fourth-order valence-electron chi connectivity index (χ4n) is 3.50. The number of fused-ring (bicyclic) bond motifs is 1. The minimum Gasteiger partial charge on any atom is -0.311 e. The number of carbonyl (C=O) groups excluding carboxylic acids is 1. The molecule has 2 aromatic rings. The quantitative estimate of drug-likeness (QED) is 0.831. The van der Waals surface area contributed by atoms with Crippen LogP contribution in [0.4, 0.5) is 11.4 Å². The first-order valence-electron chi connectivity index (χ1n) is 8.92. The number of hydrogen-bond acceptors (Lipinski definition) is 3. The number of nitrogens with zero attached hydrogens (tertiary/aromatic N) is 1. The highest BCUT2D eigenvalue weighted by atomic mass is 35.5. The molecule has 27 heavy (non-hydrogen) atoms. The van der Waals surface area contributed by atoms with E-state index in [0.29, 0.717) is 17.3 Å². The molecule has 0 saturated heterocycles. The van der Waals surface area contributed by atoms with Gasteiger partial charge in [0.1, 0.15) is 0 Å². The van der Waals surface area contributed by atoms with Crippen LogP contribution in [0.3, 0.4) is 0 Å². The van der Waals surface area contributed by atoms with Crippen molar-refractivity contribution in [2.75, 3.05) is 16.2 Å². The van der Waals surface area contributed by atoms with Crippen LogP contribution in [0.5, 0.6) is 0 Å². The third kappa shape index (κ3) is 3.44. The molecule has 1 aliphatic heterocycles. The van der Waals surface area contributed by atoms with Crippen LogP contribution in [0.15, 0.2) is 47.4 Å². The Labute approximate surface area is 164 Å². The van der Waals surface area contributed by atoms with Gasteiger partial charge in [-0.15, -0.1) is 0 Å². The zero-order chi connectivity index (χ0) is 19.4. The molecule has 0 unspecified atom stereocenters. The number of hydrogen-bond donors (Lipinski definition) is 1. The summed E-state index contributed by atoms with van der Waals surface area (Å²) in [6.07, 6.45) is 1.89. The lowest BCUT2D eigenvalue weighted by molar-refractivity contribution is -0.119. The third-order valence-corrected chi connectivity index (χ3v) is 6.77. The maximum atomic E-state index is 12.8. The van der Waals surface area contributed by atoms with Crippen molar-refractivity contribution in [2.45, 2.75) is 37.0 Å². The number of carbonyl (C=O) groups is 1. The largest absolute Gasteiger partial charge is 0.311 e. The standard InChI is InChI=1S/C20H21ClN2O3S/c1-20(2)12-23(19(24)13-3-4-13)18-10-9-16(11-17(18)20)27(25,26)22-15-7-5-14(21)6-8-15/h5-11,13,22H,3-4,12H2,1-2H3. The monoisotopic (exact) mass is 404 g/mol. The van der Waals surface area contributed by atoms with Gasteiger partial charge in [0.15, 0.2) is 0 Å². The number of amides is 1. The summed E-state index contributed by atoms with van der Waals surface area (Å²) in [6.45, 7) is 4.65. The van der Waals surface area contributed by atoms with Crippen LogP contribution < -0.4 is 9.62 Å². The maximum absolute atomic E-state index is 12.8. The van der Waals surface area contributed by atoms with Gasteiger partial charge in [0.05, 0.1) is 4.90 Å².